The highest BCUT2D eigenvalue weighted by Gasteiger charge is 2.11. The summed E-state index contributed by atoms with van der Waals surface area (Å²) >= 11 is 0. The van der Waals surface area contributed by atoms with Gasteiger partial charge in [-0.25, -0.2) is 4.98 Å². The van der Waals surface area contributed by atoms with Gasteiger partial charge in [-0.2, -0.15) is 0 Å². The fourth-order valence-electron chi connectivity index (χ4n) is 1.54. The first kappa shape index (κ1) is 9.65. The fraction of sp³-hybridized carbons (Fsp3) is 0.167. The van der Waals surface area contributed by atoms with Crippen LogP contribution in [0.15, 0.2) is 36.7 Å². The van der Waals surface area contributed by atoms with Gasteiger partial charge in [-0.1, -0.05) is 18.2 Å². The monoisotopic (exact) mass is 200 g/mol. The summed E-state index contributed by atoms with van der Waals surface area (Å²) < 4.78 is 1.56. The molecule has 3 heteroatoms. The van der Waals surface area contributed by atoms with Crippen molar-refractivity contribution in [3.8, 4) is 0 Å². The van der Waals surface area contributed by atoms with Gasteiger partial charge < -0.3 is 0 Å². The van der Waals surface area contributed by atoms with Crippen molar-refractivity contribution in [1.29, 1.82) is 0 Å². The van der Waals surface area contributed by atoms with Crippen molar-refractivity contribution in [2.24, 2.45) is 0 Å². The third-order valence-electron chi connectivity index (χ3n) is 2.42. The molecule has 0 aliphatic heterocycles. The Hall–Kier alpha value is -1.90. The van der Waals surface area contributed by atoms with Gasteiger partial charge in [0.1, 0.15) is 5.82 Å². The van der Waals surface area contributed by atoms with Crippen LogP contribution in [0.4, 0.5) is 0 Å². The molecule has 1 aromatic heterocycles. The molecule has 15 heavy (non-hydrogen) atoms. The van der Waals surface area contributed by atoms with Gasteiger partial charge >= 0.3 is 0 Å². The number of aryl methyl sites for hydroxylation is 2. The highest BCUT2D eigenvalue weighted by atomic mass is 16.2. The smallest absolute Gasteiger partial charge is 0.263 e. The number of hydrogen-bond donors (Lipinski definition) is 0. The third kappa shape index (κ3) is 1.68. The highest BCUT2D eigenvalue weighted by molar-refractivity contribution is 5.97. The Morgan fingerprint density at radius 1 is 1.27 bits per heavy atom. The number of carbonyl (C=O) groups excluding carboxylic acids is 1. The van der Waals surface area contributed by atoms with Gasteiger partial charge in [0.2, 0.25) is 0 Å². The van der Waals surface area contributed by atoms with Crippen molar-refractivity contribution in [2.45, 2.75) is 13.8 Å². The maximum atomic E-state index is 12.1. The zero-order valence-electron chi connectivity index (χ0n) is 8.77. The number of hydrogen-bond acceptors (Lipinski definition) is 2. The first-order valence-electron chi connectivity index (χ1n) is 4.80. The summed E-state index contributed by atoms with van der Waals surface area (Å²) in [4.78, 5) is 16.1. The largest absolute Gasteiger partial charge is 0.270 e. The third-order valence-corrected chi connectivity index (χ3v) is 2.42. The van der Waals surface area contributed by atoms with Crippen LogP contribution in [0.1, 0.15) is 21.7 Å². The van der Waals surface area contributed by atoms with E-state index in [4.69, 9.17) is 0 Å². The van der Waals surface area contributed by atoms with Crippen LogP contribution in [-0.4, -0.2) is 15.5 Å². The Labute approximate surface area is 88.4 Å². The summed E-state index contributed by atoms with van der Waals surface area (Å²) in [5.41, 5.74) is 1.70. The van der Waals surface area contributed by atoms with E-state index >= 15 is 0 Å². The van der Waals surface area contributed by atoms with Crippen LogP contribution in [0.25, 0.3) is 0 Å². The molecule has 0 amide bonds. The van der Waals surface area contributed by atoms with Gasteiger partial charge in [-0.15, -0.1) is 0 Å². The summed E-state index contributed by atoms with van der Waals surface area (Å²) in [6.45, 7) is 3.75. The van der Waals surface area contributed by atoms with Crippen LogP contribution in [0.2, 0.25) is 0 Å². The maximum Gasteiger partial charge on any atom is 0.263 e. The summed E-state index contributed by atoms with van der Waals surface area (Å²) in [6, 6.07) is 7.55. The van der Waals surface area contributed by atoms with Crippen LogP contribution >= 0.6 is 0 Å². The molecular weight excluding hydrogens is 188 g/mol. The second kappa shape index (κ2) is 3.69. The predicted molar refractivity (Wildman–Crippen MR) is 57.9 cm³/mol. The molecule has 0 spiro atoms. The molecule has 2 rings (SSSR count). The minimum absolute atomic E-state index is 0.0249. The van der Waals surface area contributed by atoms with Crippen LogP contribution in [0, 0.1) is 13.8 Å². The molecule has 1 heterocycles. The van der Waals surface area contributed by atoms with E-state index in [1.54, 1.807) is 17.0 Å². The molecule has 0 aliphatic carbocycles. The zero-order valence-corrected chi connectivity index (χ0v) is 8.77. The lowest BCUT2D eigenvalue weighted by atomic mass is 10.1. The van der Waals surface area contributed by atoms with Crippen molar-refractivity contribution in [3.63, 3.8) is 0 Å². The van der Waals surface area contributed by atoms with E-state index in [-0.39, 0.29) is 5.91 Å². The quantitative estimate of drug-likeness (QED) is 0.707. The molecule has 0 unspecified atom stereocenters. The molecule has 1 aromatic carbocycles. The Balaban J connectivity index is 2.46. The molecule has 0 aliphatic rings. The van der Waals surface area contributed by atoms with Gasteiger partial charge in [0.25, 0.3) is 5.91 Å². The van der Waals surface area contributed by atoms with Gasteiger partial charge in [0.05, 0.1) is 0 Å². The SMILES string of the molecule is Cc1ccccc1C(=O)n1ccnc1C. The number of aromatic nitrogens is 2. The van der Waals surface area contributed by atoms with Crippen LogP contribution in [0.3, 0.4) is 0 Å². The number of rotatable bonds is 1. The minimum Gasteiger partial charge on any atom is -0.270 e. The first-order valence-corrected chi connectivity index (χ1v) is 4.80. The molecule has 0 saturated carbocycles. The van der Waals surface area contributed by atoms with Gasteiger partial charge in [0, 0.05) is 18.0 Å². The van der Waals surface area contributed by atoms with Crippen LogP contribution < -0.4 is 0 Å². The Kier molecular flexibility index (Phi) is 2.37. The van der Waals surface area contributed by atoms with E-state index < -0.39 is 0 Å². The topological polar surface area (TPSA) is 34.9 Å². The van der Waals surface area contributed by atoms with E-state index in [9.17, 15) is 4.79 Å². The zero-order chi connectivity index (χ0) is 10.8. The highest BCUT2D eigenvalue weighted by Crippen LogP contribution is 2.10. The summed E-state index contributed by atoms with van der Waals surface area (Å²) in [7, 11) is 0. The Morgan fingerprint density at radius 3 is 2.60 bits per heavy atom. The van der Waals surface area contributed by atoms with Gasteiger partial charge in [-0.3, -0.25) is 9.36 Å². The first-order chi connectivity index (χ1) is 7.20. The minimum atomic E-state index is -0.0249. The lowest BCUT2D eigenvalue weighted by Crippen LogP contribution is -2.13. The van der Waals surface area contributed by atoms with Gasteiger partial charge in [-0.05, 0) is 25.5 Å². The number of benzene rings is 1. The van der Waals surface area contributed by atoms with Crippen molar-refractivity contribution >= 4 is 5.91 Å². The average Bonchev–Trinajstić information content (AvgIpc) is 2.64. The number of imidazole rings is 1. The second-order valence-corrected chi connectivity index (χ2v) is 3.46. The van der Waals surface area contributed by atoms with Crippen molar-refractivity contribution < 1.29 is 4.79 Å². The lowest BCUT2D eigenvalue weighted by Gasteiger charge is -2.06. The molecule has 2 aromatic rings. The van der Waals surface area contributed by atoms with Crippen LogP contribution in [-0.2, 0) is 0 Å². The second-order valence-electron chi connectivity index (χ2n) is 3.46. The lowest BCUT2D eigenvalue weighted by molar-refractivity contribution is 0.0957. The molecule has 0 atom stereocenters. The number of carbonyl (C=O) groups is 1. The van der Waals surface area contributed by atoms with E-state index in [1.807, 2.05) is 38.1 Å². The van der Waals surface area contributed by atoms with E-state index in [1.165, 1.54) is 0 Å². The van der Waals surface area contributed by atoms with E-state index in [2.05, 4.69) is 4.98 Å². The standard InChI is InChI=1S/C12H12N2O/c1-9-5-3-4-6-11(9)12(15)14-8-7-13-10(14)2/h3-8H,1-2H3. The molecule has 0 radical (unpaired) electrons. The van der Waals surface area contributed by atoms with Crippen molar-refractivity contribution in [2.75, 3.05) is 0 Å². The molecule has 0 fully saturated rings. The van der Waals surface area contributed by atoms with Crippen molar-refractivity contribution in [3.05, 3.63) is 53.6 Å². The predicted octanol–water partition coefficient (Wildman–Crippen LogP) is 2.19. The Bertz CT molecular complexity index is 500. The molecule has 0 N–H and O–H groups in total. The average molecular weight is 200 g/mol. The summed E-state index contributed by atoms with van der Waals surface area (Å²) in [6.07, 6.45) is 3.32. The number of nitrogens with zero attached hydrogens (tertiary/aromatic N) is 2. The summed E-state index contributed by atoms with van der Waals surface area (Å²) in [5, 5.41) is 0. The Morgan fingerprint density at radius 2 is 2.00 bits per heavy atom. The molecule has 76 valence electrons. The van der Waals surface area contributed by atoms with Gasteiger partial charge in [0.15, 0.2) is 0 Å². The van der Waals surface area contributed by atoms with Crippen molar-refractivity contribution in [1.82, 2.24) is 9.55 Å². The normalized spacial score (nSPS) is 10.3. The molecule has 0 bridgehead atoms. The van der Waals surface area contributed by atoms with E-state index in [0.717, 1.165) is 11.1 Å². The molecule has 0 saturated heterocycles. The molecule has 3 nitrogen and oxygen atoms in total. The fourth-order valence-corrected chi connectivity index (χ4v) is 1.54. The maximum absolute atomic E-state index is 12.1. The molecular formula is C12H12N2O. The van der Waals surface area contributed by atoms with E-state index in [0.29, 0.717) is 5.82 Å². The van der Waals surface area contributed by atoms with Crippen LogP contribution in [0.5, 0.6) is 0 Å². The summed E-state index contributed by atoms with van der Waals surface area (Å²) in [5.74, 6) is 0.686.